The third kappa shape index (κ3) is 3.48. The lowest BCUT2D eigenvalue weighted by molar-refractivity contribution is -0.921. The molecule has 1 saturated heterocycles. The summed E-state index contributed by atoms with van der Waals surface area (Å²) in [6.07, 6.45) is 1.81. The van der Waals surface area contributed by atoms with Crippen LogP contribution in [0.15, 0.2) is 12.1 Å². The number of likely N-dealkylation sites (tertiary alicyclic amines) is 1. The zero-order valence-corrected chi connectivity index (χ0v) is 12.2. The van der Waals surface area contributed by atoms with Crippen molar-refractivity contribution in [3.05, 3.63) is 28.8 Å². The van der Waals surface area contributed by atoms with Crippen LogP contribution in [-0.4, -0.2) is 29.4 Å². The molecular weight excluding hydrogens is 238 g/mol. The molecule has 1 aromatic carbocycles. The van der Waals surface area contributed by atoms with Crippen LogP contribution in [-0.2, 0) is 6.54 Å². The van der Waals surface area contributed by atoms with E-state index >= 15 is 0 Å². The van der Waals surface area contributed by atoms with Crippen molar-refractivity contribution in [1.82, 2.24) is 0 Å². The molecule has 1 heterocycles. The second-order valence-electron chi connectivity index (χ2n) is 6.17. The molecule has 0 saturated carbocycles. The van der Waals surface area contributed by atoms with Crippen LogP contribution in [0.3, 0.4) is 0 Å². The fourth-order valence-electron chi connectivity index (χ4n) is 3.08. The highest BCUT2D eigenvalue weighted by Gasteiger charge is 2.22. The number of aromatic hydroxyl groups is 1. The van der Waals surface area contributed by atoms with Crippen LogP contribution in [0.5, 0.6) is 5.75 Å². The van der Waals surface area contributed by atoms with Gasteiger partial charge in [0.2, 0.25) is 0 Å². The van der Waals surface area contributed by atoms with Gasteiger partial charge in [0.05, 0.1) is 6.54 Å². The van der Waals surface area contributed by atoms with E-state index in [2.05, 4.69) is 26.8 Å². The van der Waals surface area contributed by atoms with Gasteiger partial charge in [0.1, 0.15) is 24.9 Å². The van der Waals surface area contributed by atoms with Crippen LogP contribution in [0, 0.1) is 6.92 Å². The van der Waals surface area contributed by atoms with E-state index in [9.17, 15) is 10.2 Å². The predicted molar refractivity (Wildman–Crippen MR) is 76.6 cm³/mol. The highest BCUT2D eigenvalue weighted by molar-refractivity contribution is 5.42. The zero-order chi connectivity index (χ0) is 14.0. The van der Waals surface area contributed by atoms with Crippen molar-refractivity contribution in [2.45, 2.75) is 52.2 Å². The van der Waals surface area contributed by atoms with Gasteiger partial charge in [-0.25, -0.2) is 0 Å². The first kappa shape index (κ1) is 14.4. The first-order chi connectivity index (χ1) is 8.97. The number of aliphatic hydroxyl groups excluding tert-OH is 1. The van der Waals surface area contributed by atoms with Crippen molar-refractivity contribution in [3.8, 4) is 5.75 Å². The topological polar surface area (TPSA) is 44.9 Å². The number of quaternary nitrogens is 1. The van der Waals surface area contributed by atoms with Gasteiger partial charge in [-0.3, -0.25) is 0 Å². The number of hydrogen-bond donors (Lipinski definition) is 3. The summed E-state index contributed by atoms with van der Waals surface area (Å²) in [5.41, 5.74) is 3.48. The number of piperidine rings is 1. The minimum atomic E-state index is -0.180. The van der Waals surface area contributed by atoms with E-state index in [1.54, 1.807) is 0 Å². The minimum absolute atomic E-state index is 0.180. The maximum absolute atomic E-state index is 10.1. The van der Waals surface area contributed by atoms with Gasteiger partial charge in [-0.1, -0.05) is 13.8 Å². The van der Waals surface area contributed by atoms with Gasteiger partial charge in [0.15, 0.2) is 0 Å². The molecule has 0 bridgehead atoms. The molecular formula is C16H26NO2+. The largest absolute Gasteiger partial charge is 0.507 e. The van der Waals surface area contributed by atoms with Crippen LogP contribution in [0.4, 0.5) is 0 Å². The molecule has 3 heteroatoms. The van der Waals surface area contributed by atoms with E-state index in [0.717, 1.165) is 43.6 Å². The van der Waals surface area contributed by atoms with Crippen LogP contribution < -0.4 is 4.90 Å². The van der Waals surface area contributed by atoms with E-state index < -0.39 is 0 Å². The van der Waals surface area contributed by atoms with Gasteiger partial charge in [-0.15, -0.1) is 0 Å². The first-order valence-corrected chi connectivity index (χ1v) is 7.31. The molecule has 0 aromatic heterocycles. The number of hydrogen-bond acceptors (Lipinski definition) is 2. The summed E-state index contributed by atoms with van der Waals surface area (Å²) >= 11 is 0. The van der Waals surface area contributed by atoms with Crippen LogP contribution in [0.1, 0.15) is 49.3 Å². The number of benzene rings is 1. The molecule has 1 aromatic rings. The Hall–Kier alpha value is -1.06. The quantitative estimate of drug-likeness (QED) is 0.772. The van der Waals surface area contributed by atoms with Crippen LogP contribution >= 0.6 is 0 Å². The van der Waals surface area contributed by atoms with Crippen LogP contribution in [0.25, 0.3) is 0 Å². The molecule has 3 N–H and O–H groups in total. The Balaban J connectivity index is 2.17. The van der Waals surface area contributed by atoms with Gasteiger partial charge < -0.3 is 15.1 Å². The Morgan fingerprint density at radius 3 is 2.74 bits per heavy atom. The number of aryl methyl sites for hydroxylation is 1. The number of phenolic OH excluding ortho intramolecular Hbond substituents is 1. The molecule has 1 aliphatic rings. The Morgan fingerprint density at radius 2 is 2.11 bits per heavy atom. The SMILES string of the molecule is Cc1cc(O)c(C[NH+]2CCC[C@H](O)C2)cc1C(C)C. The van der Waals surface area contributed by atoms with Crippen molar-refractivity contribution >= 4 is 0 Å². The summed E-state index contributed by atoms with van der Waals surface area (Å²) in [6, 6.07) is 4.02. The standard InChI is InChI=1S/C16H25NO2/c1-11(2)15-8-13(16(19)7-12(15)3)9-17-6-4-5-14(18)10-17/h7-8,11,14,18-19H,4-6,9-10H2,1-3H3/p+1/t14-/m0/s1. The van der Waals surface area contributed by atoms with Crippen molar-refractivity contribution in [2.75, 3.05) is 13.1 Å². The second-order valence-corrected chi connectivity index (χ2v) is 6.17. The lowest BCUT2D eigenvalue weighted by Crippen LogP contribution is -3.12. The number of phenols is 1. The van der Waals surface area contributed by atoms with Gasteiger partial charge in [-0.2, -0.15) is 0 Å². The summed E-state index contributed by atoms with van der Waals surface area (Å²) in [7, 11) is 0. The summed E-state index contributed by atoms with van der Waals surface area (Å²) in [4.78, 5) is 1.37. The third-order valence-corrected chi connectivity index (χ3v) is 4.12. The minimum Gasteiger partial charge on any atom is -0.507 e. The molecule has 1 aliphatic heterocycles. The average molecular weight is 264 g/mol. The van der Waals surface area contributed by atoms with Gasteiger partial charge in [0, 0.05) is 5.56 Å². The summed E-state index contributed by atoms with van der Waals surface area (Å²) in [6.45, 7) is 9.10. The molecule has 1 fully saturated rings. The molecule has 106 valence electrons. The molecule has 2 rings (SSSR count). The molecule has 3 nitrogen and oxygen atoms in total. The monoisotopic (exact) mass is 264 g/mol. The maximum Gasteiger partial charge on any atom is 0.124 e. The first-order valence-electron chi connectivity index (χ1n) is 7.31. The number of nitrogens with one attached hydrogen (secondary N) is 1. The van der Waals surface area contributed by atoms with E-state index in [0.29, 0.717) is 11.7 Å². The van der Waals surface area contributed by atoms with E-state index in [1.165, 1.54) is 10.5 Å². The molecule has 0 amide bonds. The molecule has 0 spiro atoms. The smallest absolute Gasteiger partial charge is 0.124 e. The van der Waals surface area contributed by atoms with Crippen molar-refractivity contribution < 1.29 is 15.1 Å². The third-order valence-electron chi connectivity index (χ3n) is 4.12. The Labute approximate surface area is 115 Å². The van der Waals surface area contributed by atoms with Crippen molar-refractivity contribution in [2.24, 2.45) is 0 Å². The maximum atomic E-state index is 10.1. The lowest BCUT2D eigenvalue weighted by atomic mass is 9.94. The Bertz CT molecular complexity index is 443. The molecule has 19 heavy (non-hydrogen) atoms. The van der Waals surface area contributed by atoms with E-state index in [-0.39, 0.29) is 6.10 Å². The number of aliphatic hydroxyl groups is 1. The predicted octanol–water partition coefficient (Wildman–Crippen LogP) is 1.36. The summed E-state index contributed by atoms with van der Waals surface area (Å²) in [5.74, 6) is 0.871. The zero-order valence-electron chi connectivity index (χ0n) is 12.2. The average Bonchev–Trinajstić information content (AvgIpc) is 2.32. The van der Waals surface area contributed by atoms with Crippen molar-refractivity contribution in [1.29, 1.82) is 0 Å². The van der Waals surface area contributed by atoms with E-state index in [1.807, 2.05) is 6.07 Å². The molecule has 1 unspecified atom stereocenters. The Morgan fingerprint density at radius 1 is 1.37 bits per heavy atom. The molecule has 0 aliphatic carbocycles. The second kappa shape index (κ2) is 5.93. The number of rotatable bonds is 3. The molecule has 2 atom stereocenters. The fourth-order valence-corrected chi connectivity index (χ4v) is 3.08. The Kier molecular flexibility index (Phi) is 4.48. The van der Waals surface area contributed by atoms with Gasteiger partial charge in [0.25, 0.3) is 0 Å². The highest BCUT2D eigenvalue weighted by atomic mass is 16.3. The lowest BCUT2D eigenvalue weighted by Gasteiger charge is -2.27. The molecule has 0 radical (unpaired) electrons. The van der Waals surface area contributed by atoms with E-state index in [4.69, 9.17) is 0 Å². The summed E-state index contributed by atoms with van der Waals surface area (Å²) < 4.78 is 0. The highest BCUT2D eigenvalue weighted by Crippen LogP contribution is 2.26. The van der Waals surface area contributed by atoms with Crippen molar-refractivity contribution in [3.63, 3.8) is 0 Å². The van der Waals surface area contributed by atoms with Gasteiger partial charge >= 0.3 is 0 Å². The normalized spacial score (nSPS) is 23.8. The fraction of sp³-hybridized carbons (Fsp3) is 0.625. The summed E-state index contributed by atoms with van der Waals surface area (Å²) in [5, 5.41) is 19.8. The van der Waals surface area contributed by atoms with Crippen LogP contribution in [0.2, 0.25) is 0 Å². The van der Waals surface area contributed by atoms with Gasteiger partial charge in [-0.05, 0) is 48.9 Å².